The van der Waals surface area contributed by atoms with Crippen LogP contribution in [0.2, 0.25) is 0 Å². The summed E-state index contributed by atoms with van der Waals surface area (Å²) in [7, 11) is 0. The molecule has 0 fully saturated rings. The molecule has 0 aliphatic carbocycles. The minimum atomic E-state index is -0.357. The fourth-order valence-electron chi connectivity index (χ4n) is 2.49. The zero-order valence-corrected chi connectivity index (χ0v) is 15.3. The van der Waals surface area contributed by atoms with Gasteiger partial charge < -0.3 is 5.32 Å². The van der Waals surface area contributed by atoms with E-state index < -0.39 is 0 Å². The maximum atomic E-state index is 12.9. The molecule has 0 unspecified atom stereocenters. The highest BCUT2D eigenvalue weighted by Crippen LogP contribution is 2.21. The largest absolute Gasteiger partial charge is 0.326 e. The maximum absolute atomic E-state index is 12.9. The predicted octanol–water partition coefficient (Wildman–Crippen LogP) is 4.98. The Morgan fingerprint density at radius 1 is 0.852 bits per heavy atom. The second-order valence-corrected chi connectivity index (χ2v) is 7.00. The molecule has 0 atom stereocenters. The van der Waals surface area contributed by atoms with Crippen molar-refractivity contribution in [3.05, 3.63) is 95.8 Å². The number of nitrogens with one attached hydrogen (secondary N) is 1. The summed E-state index contributed by atoms with van der Waals surface area (Å²) in [6.07, 6.45) is 0.323. The lowest BCUT2D eigenvalue weighted by Gasteiger charge is -2.07. The van der Waals surface area contributed by atoms with Gasteiger partial charge >= 0.3 is 0 Å². The monoisotopic (exact) mass is 379 g/mol. The van der Waals surface area contributed by atoms with Gasteiger partial charge in [-0.3, -0.25) is 9.59 Å². The molecule has 3 aromatic rings. The van der Waals surface area contributed by atoms with E-state index in [0.717, 1.165) is 10.5 Å². The SMILES string of the molecule is O=C(Cc1ccccc1)Nc1ccc(SCC(=O)c2ccc(F)cc2)cc1. The van der Waals surface area contributed by atoms with Gasteiger partial charge in [0.05, 0.1) is 12.2 Å². The molecule has 0 aliphatic heterocycles. The summed E-state index contributed by atoms with van der Waals surface area (Å²) in [6, 6.07) is 22.4. The molecular formula is C22H18FNO2S. The van der Waals surface area contributed by atoms with Crippen LogP contribution in [0.25, 0.3) is 0 Å². The standard InChI is InChI=1S/C22H18FNO2S/c23-18-8-6-17(7-9-18)21(25)15-27-20-12-10-19(11-13-20)24-22(26)14-16-4-2-1-3-5-16/h1-13H,14-15H2,(H,24,26). The van der Waals surface area contributed by atoms with Gasteiger partial charge in [0.15, 0.2) is 5.78 Å². The molecule has 3 rings (SSSR count). The van der Waals surface area contributed by atoms with E-state index in [-0.39, 0.29) is 23.3 Å². The number of ketones is 1. The zero-order valence-electron chi connectivity index (χ0n) is 14.5. The van der Waals surface area contributed by atoms with Crippen molar-refractivity contribution in [1.29, 1.82) is 0 Å². The Morgan fingerprint density at radius 2 is 1.52 bits per heavy atom. The van der Waals surface area contributed by atoms with Gasteiger partial charge in [-0.05, 0) is 54.1 Å². The highest BCUT2D eigenvalue weighted by molar-refractivity contribution is 8.00. The first-order valence-corrected chi connectivity index (χ1v) is 9.44. The number of anilines is 1. The molecule has 5 heteroatoms. The summed E-state index contributed by atoms with van der Waals surface area (Å²) in [5, 5.41) is 2.86. The number of Topliss-reactive ketones (excluding diaryl/α,β-unsaturated/α-hetero) is 1. The second kappa shape index (κ2) is 9.14. The summed E-state index contributed by atoms with van der Waals surface area (Å²) in [6.45, 7) is 0. The zero-order chi connectivity index (χ0) is 19.1. The highest BCUT2D eigenvalue weighted by atomic mass is 32.2. The van der Waals surface area contributed by atoms with Crippen LogP contribution in [0.3, 0.4) is 0 Å². The Morgan fingerprint density at radius 3 is 2.19 bits per heavy atom. The summed E-state index contributed by atoms with van der Waals surface area (Å²) in [5.74, 6) is -0.219. The van der Waals surface area contributed by atoms with Gasteiger partial charge in [0.25, 0.3) is 0 Å². The normalized spacial score (nSPS) is 10.4. The topological polar surface area (TPSA) is 46.2 Å². The number of halogens is 1. The molecule has 3 nitrogen and oxygen atoms in total. The predicted molar refractivity (Wildman–Crippen MR) is 107 cm³/mol. The minimum absolute atomic E-state index is 0.0553. The molecule has 0 aliphatic rings. The summed E-state index contributed by atoms with van der Waals surface area (Å²) in [4.78, 5) is 25.1. The van der Waals surface area contributed by atoms with Crippen LogP contribution >= 0.6 is 11.8 Å². The van der Waals surface area contributed by atoms with Crippen molar-refractivity contribution in [1.82, 2.24) is 0 Å². The maximum Gasteiger partial charge on any atom is 0.228 e. The fourth-order valence-corrected chi connectivity index (χ4v) is 3.28. The number of hydrogen-bond acceptors (Lipinski definition) is 3. The van der Waals surface area contributed by atoms with E-state index in [9.17, 15) is 14.0 Å². The Bertz CT molecular complexity index is 909. The van der Waals surface area contributed by atoms with Crippen LogP contribution in [0.5, 0.6) is 0 Å². The molecule has 27 heavy (non-hydrogen) atoms. The first kappa shape index (κ1) is 18.9. The highest BCUT2D eigenvalue weighted by Gasteiger charge is 2.08. The number of amides is 1. The van der Waals surface area contributed by atoms with Crippen LogP contribution in [-0.4, -0.2) is 17.4 Å². The van der Waals surface area contributed by atoms with E-state index >= 15 is 0 Å². The van der Waals surface area contributed by atoms with Gasteiger partial charge in [0, 0.05) is 16.1 Å². The van der Waals surface area contributed by atoms with Crippen LogP contribution in [-0.2, 0) is 11.2 Å². The van der Waals surface area contributed by atoms with Crippen molar-refractivity contribution in [3.8, 4) is 0 Å². The Balaban J connectivity index is 1.50. The lowest BCUT2D eigenvalue weighted by Crippen LogP contribution is -2.14. The van der Waals surface area contributed by atoms with E-state index in [4.69, 9.17) is 0 Å². The molecule has 1 amide bonds. The summed E-state index contributed by atoms with van der Waals surface area (Å²) < 4.78 is 12.9. The number of carbonyl (C=O) groups excluding carboxylic acids is 2. The number of thioether (sulfide) groups is 1. The van der Waals surface area contributed by atoms with E-state index in [1.165, 1.54) is 36.0 Å². The molecule has 0 spiro atoms. The van der Waals surface area contributed by atoms with Crippen molar-refractivity contribution in [3.63, 3.8) is 0 Å². The van der Waals surface area contributed by atoms with Gasteiger partial charge in [0.2, 0.25) is 5.91 Å². The lowest BCUT2D eigenvalue weighted by molar-refractivity contribution is -0.115. The Kier molecular flexibility index (Phi) is 6.39. The third-order valence-corrected chi connectivity index (χ3v) is 4.89. The number of carbonyl (C=O) groups is 2. The van der Waals surface area contributed by atoms with Crippen LogP contribution in [0.1, 0.15) is 15.9 Å². The van der Waals surface area contributed by atoms with Gasteiger partial charge in [-0.1, -0.05) is 30.3 Å². The molecule has 0 saturated heterocycles. The summed E-state index contributed by atoms with van der Waals surface area (Å²) in [5.41, 5.74) is 2.17. The lowest BCUT2D eigenvalue weighted by atomic mass is 10.1. The van der Waals surface area contributed by atoms with Crippen LogP contribution < -0.4 is 5.32 Å². The molecule has 136 valence electrons. The average Bonchev–Trinajstić information content (AvgIpc) is 2.68. The minimum Gasteiger partial charge on any atom is -0.326 e. The first-order valence-electron chi connectivity index (χ1n) is 8.45. The Labute approximate surface area is 161 Å². The van der Waals surface area contributed by atoms with Crippen LogP contribution in [0.15, 0.2) is 83.8 Å². The quantitative estimate of drug-likeness (QED) is 0.465. The van der Waals surface area contributed by atoms with Crippen LogP contribution in [0.4, 0.5) is 10.1 Å². The van der Waals surface area contributed by atoms with Gasteiger partial charge in [0.1, 0.15) is 5.82 Å². The molecule has 3 aromatic carbocycles. The van der Waals surface area contributed by atoms with Gasteiger partial charge in [-0.2, -0.15) is 0 Å². The van der Waals surface area contributed by atoms with Crippen molar-refractivity contribution >= 4 is 29.1 Å². The van der Waals surface area contributed by atoms with Crippen molar-refractivity contribution < 1.29 is 14.0 Å². The molecule has 0 aromatic heterocycles. The molecule has 0 radical (unpaired) electrons. The number of hydrogen-bond donors (Lipinski definition) is 1. The van der Waals surface area contributed by atoms with E-state index in [1.54, 1.807) is 0 Å². The smallest absolute Gasteiger partial charge is 0.228 e. The van der Waals surface area contributed by atoms with E-state index in [0.29, 0.717) is 17.7 Å². The van der Waals surface area contributed by atoms with Gasteiger partial charge in [-0.15, -0.1) is 11.8 Å². The van der Waals surface area contributed by atoms with Crippen LogP contribution in [0, 0.1) is 5.82 Å². The molecular weight excluding hydrogens is 361 g/mol. The molecule has 0 heterocycles. The average molecular weight is 379 g/mol. The Hall–Kier alpha value is -2.92. The van der Waals surface area contributed by atoms with Crippen molar-refractivity contribution in [2.45, 2.75) is 11.3 Å². The molecule has 1 N–H and O–H groups in total. The van der Waals surface area contributed by atoms with Gasteiger partial charge in [-0.25, -0.2) is 4.39 Å². The van der Waals surface area contributed by atoms with E-state index in [2.05, 4.69) is 5.32 Å². The second-order valence-electron chi connectivity index (χ2n) is 5.95. The third-order valence-electron chi connectivity index (χ3n) is 3.88. The first-order chi connectivity index (χ1) is 13.1. The molecule has 0 bridgehead atoms. The summed E-state index contributed by atoms with van der Waals surface area (Å²) >= 11 is 1.40. The fraction of sp³-hybridized carbons (Fsp3) is 0.0909. The van der Waals surface area contributed by atoms with Crippen molar-refractivity contribution in [2.75, 3.05) is 11.1 Å². The third kappa shape index (κ3) is 5.79. The number of rotatable bonds is 7. The van der Waals surface area contributed by atoms with Crippen molar-refractivity contribution in [2.24, 2.45) is 0 Å². The van der Waals surface area contributed by atoms with E-state index in [1.807, 2.05) is 54.6 Å². The number of benzene rings is 3. The molecule has 0 saturated carbocycles.